The molecule has 0 saturated carbocycles. The number of esters is 2. The summed E-state index contributed by atoms with van der Waals surface area (Å²) in [7, 11) is 2.64. The zero-order chi connectivity index (χ0) is 19.3. The minimum atomic E-state index is -0.803. The SMILES string of the molecule is COC(=O)c1cc(C(=O)OCc2cc(C)ccc2OC)cc([N+](=O)[O-])c1. The first-order valence-electron chi connectivity index (χ1n) is 7.54. The predicted molar refractivity (Wildman–Crippen MR) is 91.3 cm³/mol. The van der Waals surface area contributed by atoms with Crippen LogP contribution in [0.5, 0.6) is 5.75 Å². The van der Waals surface area contributed by atoms with Gasteiger partial charge in [0.25, 0.3) is 5.69 Å². The van der Waals surface area contributed by atoms with E-state index < -0.39 is 22.5 Å². The van der Waals surface area contributed by atoms with Gasteiger partial charge >= 0.3 is 11.9 Å². The molecule has 26 heavy (non-hydrogen) atoms. The number of carbonyl (C=O) groups is 2. The van der Waals surface area contributed by atoms with Crippen LogP contribution in [0.3, 0.4) is 0 Å². The van der Waals surface area contributed by atoms with E-state index in [0.29, 0.717) is 11.3 Å². The normalized spacial score (nSPS) is 10.1. The van der Waals surface area contributed by atoms with E-state index in [4.69, 9.17) is 9.47 Å². The third-order valence-electron chi connectivity index (χ3n) is 3.58. The number of hydrogen-bond acceptors (Lipinski definition) is 7. The molecular formula is C18H17NO7. The zero-order valence-electron chi connectivity index (χ0n) is 14.5. The van der Waals surface area contributed by atoms with E-state index in [2.05, 4.69) is 4.74 Å². The molecule has 0 spiro atoms. The summed E-state index contributed by atoms with van der Waals surface area (Å²) < 4.78 is 15.0. The molecule has 136 valence electrons. The van der Waals surface area contributed by atoms with Gasteiger partial charge in [-0.1, -0.05) is 11.6 Å². The van der Waals surface area contributed by atoms with Gasteiger partial charge in [-0.15, -0.1) is 0 Å². The Morgan fingerprint density at radius 1 is 1.04 bits per heavy atom. The molecule has 0 amide bonds. The first-order valence-corrected chi connectivity index (χ1v) is 7.54. The summed E-state index contributed by atoms with van der Waals surface area (Å²) in [5.41, 5.74) is 0.973. The molecule has 0 bridgehead atoms. The van der Waals surface area contributed by atoms with Crippen molar-refractivity contribution in [3.63, 3.8) is 0 Å². The molecule has 2 aromatic rings. The third kappa shape index (κ3) is 4.35. The fourth-order valence-electron chi connectivity index (χ4n) is 2.32. The molecule has 0 N–H and O–H groups in total. The molecule has 8 nitrogen and oxygen atoms in total. The summed E-state index contributed by atoms with van der Waals surface area (Å²) in [6.45, 7) is 1.80. The first kappa shape index (κ1) is 18.9. The third-order valence-corrected chi connectivity index (χ3v) is 3.58. The number of benzene rings is 2. The number of non-ortho nitro benzene ring substituents is 1. The van der Waals surface area contributed by atoms with Crippen molar-refractivity contribution < 1.29 is 28.7 Å². The Balaban J connectivity index is 2.26. The second kappa shape index (κ2) is 8.11. The number of nitrogens with zero attached hydrogens (tertiary/aromatic N) is 1. The highest BCUT2D eigenvalue weighted by molar-refractivity contribution is 5.96. The zero-order valence-corrected chi connectivity index (χ0v) is 14.5. The smallest absolute Gasteiger partial charge is 0.338 e. The van der Waals surface area contributed by atoms with Gasteiger partial charge in [0.1, 0.15) is 12.4 Å². The molecule has 0 aromatic heterocycles. The van der Waals surface area contributed by atoms with Crippen LogP contribution < -0.4 is 4.74 Å². The largest absolute Gasteiger partial charge is 0.496 e. The molecule has 2 rings (SSSR count). The lowest BCUT2D eigenvalue weighted by molar-refractivity contribution is -0.384. The Hall–Kier alpha value is -3.42. The Kier molecular flexibility index (Phi) is 5.90. The van der Waals surface area contributed by atoms with Crippen LogP contribution in [0.25, 0.3) is 0 Å². The van der Waals surface area contributed by atoms with E-state index in [1.807, 2.05) is 13.0 Å². The van der Waals surface area contributed by atoms with Crippen molar-refractivity contribution in [3.8, 4) is 5.75 Å². The molecule has 2 aromatic carbocycles. The highest BCUT2D eigenvalue weighted by Crippen LogP contribution is 2.22. The van der Waals surface area contributed by atoms with E-state index in [9.17, 15) is 19.7 Å². The minimum absolute atomic E-state index is 0.0834. The van der Waals surface area contributed by atoms with E-state index >= 15 is 0 Å². The lowest BCUT2D eigenvalue weighted by Crippen LogP contribution is -2.10. The maximum atomic E-state index is 12.3. The maximum Gasteiger partial charge on any atom is 0.338 e. The number of aryl methyl sites for hydroxylation is 1. The van der Waals surface area contributed by atoms with Gasteiger partial charge in [-0.3, -0.25) is 10.1 Å². The van der Waals surface area contributed by atoms with Gasteiger partial charge in [0, 0.05) is 17.7 Å². The molecule has 0 aliphatic carbocycles. The monoisotopic (exact) mass is 359 g/mol. The molecule has 0 unspecified atom stereocenters. The van der Waals surface area contributed by atoms with Gasteiger partial charge < -0.3 is 14.2 Å². The summed E-state index contributed by atoms with van der Waals surface area (Å²) >= 11 is 0. The number of ether oxygens (including phenoxy) is 3. The van der Waals surface area contributed by atoms with Crippen LogP contribution in [0, 0.1) is 17.0 Å². The lowest BCUT2D eigenvalue weighted by Gasteiger charge is -2.10. The summed E-state index contributed by atoms with van der Waals surface area (Å²) in [5, 5.41) is 11.0. The van der Waals surface area contributed by atoms with Crippen molar-refractivity contribution in [3.05, 3.63) is 68.8 Å². The topological polar surface area (TPSA) is 105 Å². The van der Waals surface area contributed by atoms with Crippen LogP contribution in [-0.2, 0) is 16.1 Å². The standard InChI is InChI=1S/C18H17NO7/c1-11-4-5-16(24-2)14(6-11)10-26-18(21)13-7-12(17(20)25-3)8-15(9-13)19(22)23/h4-9H,10H2,1-3H3. The van der Waals surface area contributed by atoms with Crippen LogP contribution in [0.2, 0.25) is 0 Å². The molecule has 0 saturated heterocycles. The summed E-state index contributed by atoms with van der Waals surface area (Å²) in [6.07, 6.45) is 0. The Morgan fingerprint density at radius 3 is 2.27 bits per heavy atom. The van der Waals surface area contributed by atoms with Gasteiger partial charge in [-0.25, -0.2) is 9.59 Å². The second-order valence-corrected chi connectivity index (χ2v) is 5.41. The molecule has 0 heterocycles. The number of hydrogen-bond donors (Lipinski definition) is 0. The van der Waals surface area contributed by atoms with Gasteiger partial charge in [-0.05, 0) is 25.1 Å². The average Bonchev–Trinajstić information content (AvgIpc) is 2.65. The number of carbonyl (C=O) groups excluding carboxylic acids is 2. The minimum Gasteiger partial charge on any atom is -0.496 e. The van der Waals surface area contributed by atoms with Gasteiger partial charge in [-0.2, -0.15) is 0 Å². The van der Waals surface area contributed by atoms with Gasteiger partial charge in [0.2, 0.25) is 0 Å². The number of rotatable bonds is 6. The van der Waals surface area contributed by atoms with Crippen LogP contribution in [0.15, 0.2) is 36.4 Å². The van der Waals surface area contributed by atoms with E-state index in [0.717, 1.165) is 24.8 Å². The molecular weight excluding hydrogens is 342 g/mol. The van der Waals surface area contributed by atoms with E-state index in [1.165, 1.54) is 13.2 Å². The van der Waals surface area contributed by atoms with Crippen molar-refractivity contribution >= 4 is 17.6 Å². The van der Waals surface area contributed by atoms with Gasteiger partial charge in [0.15, 0.2) is 0 Å². The highest BCUT2D eigenvalue weighted by atomic mass is 16.6. The Labute approximate surface area is 149 Å². The average molecular weight is 359 g/mol. The fraction of sp³-hybridized carbons (Fsp3) is 0.222. The van der Waals surface area contributed by atoms with Crippen LogP contribution in [0.4, 0.5) is 5.69 Å². The van der Waals surface area contributed by atoms with Crippen molar-refractivity contribution in [1.82, 2.24) is 0 Å². The molecule has 0 radical (unpaired) electrons. The maximum absolute atomic E-state index is 12.3. The molecule has 0 aliphatic heterocycles. The predicted octanol–water partition coefficient (Wildman–Crippen LogP) is 3.06. The number of methoxy groups -OCH3 is 2. The van der Waals surface area contributed by atoms with Crippen LogP contribution in [0.1, 0.15) is 31.8 Å². The fourth-order valence-corrected chi connectivity index (χ4v) is 2.32. The molecule has 0 fully saturated rings. The van der Waals surface area contributed by atoms with Gasteiger partial charge in [0.05, 0.1) is 30.3 Å². The van der Waals surface area contributed by atoms with Crippen molar-refractivity contribution in [1.29, 1.82) is 0 Å². The molecule has 8 heteroatoms. The van der Waals surface area contributed by atoms with Crippen molar-refractivity contribution in [2.45, 2.75) is 13.5 Å². The second-order valence-electron chi connectivity index (χ2n) is 5.41. The van der Waals surface area contributed by atoms with Crippen molar-refractivity contribution in [2.75, 3.05) is 14.2 Å². The number of nitro groups is 1. The molecule has 0 atom stereocenters. The molecule has 0 aliphatic rings. The van der Waals surface area contributed by atoms with Crippen molar-refractivity contribution in [2.24, 2.45) is 0 Å². The first-order chi connectivity index (χ1) is 12.3. The Morgan fingerprint density at radius 2 is 1.69 bits per heavy atom. The summed E-state index contributed by atoms with van der Waals surface area (Å²) in [5.74, 6) is -1.04. The summed E-state index contributed by atoms with van der Waals surface area (Å²) in [4.78, 5) is 34.3. The highest BCUT2D eigenvalue weighted by Gasteiger charge is 2.19. The number of nitro benzene ring substituents is 1. The summed E-state index contributed by atoms with van der Waals surface area (Å²) in [6, 6.07) is 8.68. The Bertz CT molecular complexity index is 861. The van der Waals surface area contributed by atoms with Crippen LogP contribution in [-0.4, -0.2) is 31.1 Å². The van der Waals surface area contributed by atoms with E-state index in [1.54, 1.807) is 12.1 Å². The quantitative estimate of drug-likeness (QED) is 0.443. The lowest BCUT2D eigenvalue weighted by atomic mass is 10.1. The van der Waals surface area contributed by atoms with Crippen LogP contribution >= 0.6 is 0 Å². The van der Waals surface area contributed by atoms with E-state index in [-0.39, 0.29) is 17.7 Å².